The predicted octanol–water partition coefficient (Wildman–Crippen LogP) is 5.47. The first-order chi connectivity index (χ1) is 17.4. The standard InChI is InChI=1S/C25H17F2N5O2S2/c1-13-6-7-14(23(34)31-24-28-10-11-36-24)12-16(13)20-15-8-9-19(33)32(22(15)30-25(29-20)35-2)21-17(26)4-3-5-18(21)27/h3-12H,1-2H3,(H,28,31,34). The van der Waals surface area contributed by atoms with E-state index in [9.17, 15) is 18.4 Å². The summed E-state index contributed by atoms with van der Waals surface area (Å²) >= 11 is 2.52. The van der Waals surface area contributed by atoms with Gasteiger partial charge < -0.3 is 0 Å². The maximum absolute atomic E-state index is 14.7. The van der Waals surface area contributed by atoms with E-state index in [1.165, 1.54) is 41.3 Å². The fourth-order valence-electron chi connectivity index (χ4n) is 3.78. The van der Waals surface area contributed by atoms with Crippen LogP contribution >= 0.6 is 23.1 Å². The van der Waals surface area contributed by atoms with E-state index < -0.39 is 22.9 Å². The summed E-state index contributed by atoms with van der Waals surface area (Å²) in [7, 11) is 0. The van der Waals surface area contributed by atoms with E-state index in [4.69, 9.17) is 0 Å². The van der Waals surface area contributed by atoms with Crippen molar-refractivity contribution in [3.8, 4) is 16.9 Å². The summed E-state index contributed by atoms with van der Waals surface area (Å²) in [6.07, 6.45) is 3.35. The Labute approximate surface area is 211 Å². The number of nitrogens with one attached hydrogen (secondary N) is 1. The molecule has 3 aromatic heterocycles. The molecule has 180 valence electrons. The molecule has 1 N–H and O–H groups in total. The number of aryl methyl sites for hydroxylation is 1. The molecular weight excluding hydrogens is 504 g/mol. The Morgan fingerprint density at radius 2 is 1.86 bits per heavy atom. The summed E-state index contributed by atoms with van der Waals surface area (Å²) in [4.78, 5) is 38.8. The van der Waals surface area contributed by atoms with Gasteiger partial charge in [0.1, 0.15) is 17.3 Å². The molecule has 0 saturated heterocycles. The monoisotopic (exact) mass is 521 g/mol. The Morgan fingerprint density at radius 3 is 2.56 bits per heavy atom. The largest absolute Gasteiger partial charge is 0.298 e. The van der Waals surface area contributed by atoms with Crippen LogP contribution < -0.4 is 10.9 Å². The molecule has 2 aromatic carbocycles. The van der Waals surface area contributed by atoms with Crippen LogP contribution in [0.5, 0.6) is 0 Å². The number of anilines is 1. The van der Waals surface area contributed by atoms with Crippen molar-refractivity contribution in [1.29, 1.82) is 0 Å². The molecule has 0 aliphatic rings. The van der Waals surface area contributed by atoms with Crippen LogP contribution in [0.25, 0.3) is 28.0 Å². The van der Waals surface area contributed by atoms with Crippen LogP contribution in [0.15, 0.2) is 70.1 Å². The van der Waals surface area contributed by atoms with E-state index in [0.29, 0.717) is 32.5 Å². The Balaban J connectivity index is 1.75. The van der Waals surface area contributed by atoms with Gasteiger partial charge in [0.05, 0.1) is 5.69 Å². The molecule has 0 atom stereocenters. The number of carbonyl (C=O) groups is 1. The molecule has 0 unspecified atom stereocenters. The van der Waals surface area contributed by atoms with Crippen LogP contribution in [0.3, 0.4) is 0 Å². The predicted molar refractivity (Wildman–Crippen MR) is 137 cm³/mol. The van der Waals surface area contributed by atoms with Gasteiger partial charge in [-0.25, -0.2) is 23.7 Å². The van der Waals surface area contributed by atoms with Crippen molar-refractivity contribution in [1.82, 2.24) is 19.5 Å². The number of benzene rings is 2. The summed E-state index contributed by atoms with van der Waals surface area (Å²) in [5, 5.41) is 5.67. The molecule has 0 aliphatic carbocycles. The van der Waals surface area contributed by atoms with E-state index in [0.717, 1.165) is 22.3 Å². The van der Waals surface area contributed by atoms with Crippen LogP contribution in [0.4, 0.5) is 13.9 Å². The third kappa shape index (κ3) is 4.27. The van der Waals surface area contributed by atoms with Crippen LogP contribution in [0, 0.1) is 18.6 Å². The number of thioether (sulfide) groups is 1. The van der Waals surface area contributed by atoms with Crippen molar-refractivity contribution in [3.05, 3.63) is 93.2 Å². The second kappa shape index (κ2) is 9.59. The van der Waals surface area contributed by atoms with Crippen molar-refractivity contribution in [2.75, 3.05) is 11.6 Å². The summed E-state index contributed by atoms with van der Waals surface area (Å²) in [5.74, 6) is -2.14. The van der Waals surface area contributed by atoms with Crippen molar-refractivity contribution in [3.63, 3.8) is 0 Å². The molecule has 0 saturated carbocycles. The number of hydrogen-bond donors (Lipinski definition) is 1. The number of hydrogen-bond acceptors (Lipinski definition) is 7. The van der Waals surface area contributed by atoms with Crippen molar-refractivity contribution in [2.24, 2.45) is 0 Å². The number of amides is 1. The number of nitrogens with zero attached hydrogens (tertiary/aromatic N) is 4. The highest BCUT2D eigenvalue weighted by Crippen LogP contribution is 2.32. The SMILES string of the molecule is CSc1nc(-c2cc(C(=O)Nc3nccs3)ccc2C)c2ccc(=O)n(-c3c(F)cccc3F)c2n1. The molecule has 0 spiro atoms. The highest BCUT2D eigenvalue weighted by Gasteiger charge is 2.21. The number of para-hydroxylation sites is 1. The molecule has 1 amide bonds. The molecule has 7 nitrogen and oxygen atoms in total. The van der Waals surface area contributed by atoms with Gasteiger partial charge in [-0.15, -0.1) is 11.3 Å². The van der Waals surface area contributed by atoms with Crippen LogP contribution in [-0.4, -0.2) is 31.7 Å². The summed E-state index contributed by atoms with van der Waals surface area (Å²) in [6.45, 7) is 1.86. The van der Waals surface area contributed by atoms with Crippen molar-refractivity contribution in [2.45, 2.75) is 12.1 Å². The zero-order valence-corrected chi connectivity index (χ0v) is 20.6. The second-order valence-corrected chi connectivity index (χ2v) is 9.36. The molecule has 5 aromatic rings. The third-order valence-corrected chi connectivity index (χ3v) is 6.72. The van der Waals surface area contributed by atoms with E-state index in [2.05, 4.69) is 20.3 Å². The highest BCUT2D eigenvalue weighted by molar-refractivity contribution is 7.98. The number of pyridine rings is 1. The van der Waals surface area contributed by atoms with Gasteiger partial charge in [0.2, 0.25) is 0 Å². The lowest BCUT2D eigenvalue weighted by Crippen LogP contribution is -2.21. The summed E-state index contributed by atoms with van der Waals surface area (Å²) in [6, 6.07) is 11.3. The van der Waals surface area contributed by atoms with Gasteiger partial charge in [-0.3, -0.25) is 19.5 Å². The summed E-state index contributed by atoms with van der Waals surface area (Å²) in [5.41, 5.74) is 1.12. The number of fused-ring (bicyclic) bond motifs is 1. The molecule has 11 heteroatoms. The van der Waals surface area contributed by atoms with Crippen LogP contribution in [0.1, 0.15) is 15.9 Å². The first-order valence-corrected chi connectivity index (χ1v) is 12.7. The lowest BCUT2D eigenvalue weighted by Gasteiger charge is -2.15. The molecule has 5 rings (SSSR count). The Hall–Kier alpha value is -3.96. The van der Waals surface area contributed by atoms with E-state index in [1.807, 2.05) is 6.92 Å². The zero-order valence-electron chi connectivity index (χ0n) is 19.0. The number of aromatic nitrogens is 4. The topological polar surface area (TPSA) is 89.8 Å². The Kier molecular flexibility index (Phi) is 6.33. The normalized spacial score (nSPS) is 11.1. The van der Waals surface area contributed by atoms with Crippen molar-refractivity contribution < 1.29 is 13.6 Å². The quantitative estimate of drug-likeness (QED) is 0.244. The van der Waals surface area contributed by atoms with Crippen LogP contribution in [-0.2, 0) is 0 Å². The molecular formula is C25H17F2N5O2S2. The van der Waals surface area contributed by atoms with Gasteiger partial charge in [0.15, 0.2) is 15.9 Å². The maximum atomic E-state index is 14.7. The van der Waals surface area contributed by atoms with Gasteiger partial charge in [0.25, 0.3) is 11.5 Å². The lowest BCUT2D eigenvalue weighted by molar-refractivity contribution is 0.102. The van der Waals surface area contributed by atoms with Gasteiger partial charge in [-0.05, 0) is 49.1 Å². The number of halogens is 2. The van der Waals surface area contributed by atoms with Gasteiger partial charge in [0, 0.05) is 34.2 Å². The molecule has 36 heavy (non-hydrogen) atoms. The summed E-state index contributed by atoms with van der Waals surface area (Å²) < 4.78 is 30.3. The fourth-order valence-corrected chi connectivity index (χ4v) is 4.67. The van der Waals surface area contributed by atoms with Crippen molar-refractivity contribution >= 4 is 45.2 Å². The van der Waals surface area contributed by atoms with Gasteiger partial charge >= 0.3 is 0 Å². The molecule has 0 radical (unpaired) electrons. The minimum absolute atomic E-state index is 0.0536. The lowest BCUT2D eigenvalue weighted by atomic mass is 9.99. The number of rotatable bonds is 5. The van der Waals surface area contributed by atoms with E-state index in [-0.39, 0.29) is 11.6 Å². The van der Waals surface area contributed by atoms with Gasteiger partial charge in [-0.1, -0.05) is 23.9 Å². The number of carbonyl (C=O) groups excluding carboxylic acids is 1. The average molecular weight is 522 g/mol. The Morgan fingerprint density at radius 1 is 1.08 bits per heavy atom. The van der Waals surface area contributed by atoms with Crippen LogP contribution in [0.2, 0.25) is 0 Å². The van der Waals surface area contributed by atoms with E-state index >= 15 is 0 Å². The van der Waals surface area contributed by atoms with E-state index in [1.54, 1.807) is 36.0 Å². The maximum Gasteiger partial charge on any atom is 0.257 e. The average Bonchev–Trinajstić information content (AvgIpc) is 3.37. The molecule has 0 fully saturated rings. The third-order valence-electron chi connectivity index (χ3n) is 5.48. The molecule has 0 bridgehead atoms. The second-order valence-electron chi connectivity index (χ2n) is 7.69. The minimum atomic E-state index is -0.896. The highest BCUT2D eigenvalue weighted by atomic mass is 32.2. The molecule has 0 aliphatic heterocycles. The molecule has 3 heterocycles. The fraction of sp³-hybridized carbons (Fsp3) is 0.0800. The first kappa shape index (κ1) is 23.8. The zero-order chi connectivity index (χ0) is 25.4. The first-order valence-electron chi connectivity index (χ1n) is 10.6. The Bertz CT molecular complexity index is 1670. The smallest absolute Gasteiger partial charge is 0.257 e. The van der Waals surface area contributed by atoms with Gasteiger partial charge in [-0.2, -0.15) is 0 Å². The number of thiazole rings is 1. The minimum Gasteiger partial charge on any atom is -0.298 e.